The Bertz CT molecular complexity index is 430. The van der Waals surface area contributed by atoms with Crippen LogP contribution in [0.3, 0.4) is 0 Å². The quantitative estimate of drug-likeness (QED) is 0.769. The Morgan fingerprint density at radius 3 is 3.15 bits per heavy atom. The van der Waals surface area contributed by atoms with Crippen LogP contribution in [0.5, 0.6) is 0 Å². The van der Waals surface area contributed by atoms with Crippen molar-refractivity contribution in [3.8, 4) is 0 Å². The summed E-state index contributed by atoms with van der Waals surface area (Å²) in [5.74, 6) is 0.168. The van der Waals surface area contributed by atoms with Gasteiger partial charge in [-0.1, -0.05) is 11.8 Å². The van der Waals surface area contributed by atoms with Crippen molar-refractivity contribution in [1.82, 2.24) is 10.2 Å². The van der Waals surface area contributed by atoms with Gasteiger partial charge in [0.15, 0.2) is 0 Å². The van der Waals surface area contributed by atoms with Crippen molar-refractivity contribution in [2.45, 2.75) is 24.5 Å². The highest BCUT2D eigenvalue weighted by molar-refractivity contribution is 8.04. The smallest absolute Gasteiger partial charge is 0.233 e. The number of morpholine rings is 1. The van der Waals surface area contributed by atoms with Crippen LogP contribution in [0.2, 0.25) is 0 Å². The Morgan fingerprint density at radius 1 is 1.50 bits per heavy atom. The number of allylic oxidation sites excluding steroid dienone is 1. The normalized spacial score (nSPS) is 26.1. The van der Waals surface area contributed by atoms with E-state index in [2.05, 4.69) is 15.2 Å². The van der Waals surface area contributed by atoms with Crippen LogP contribution < -0.4 is 5.32 Å². The molecule has 1 fully saturated rings. The van der Waals surface area contributed by atoms with Gasteiger partial charge in [-0.3, -0.25) is 14.7 Å². The van der Waals surface area contributed by atoms with Gasteiger partial charge in [0.25, 0.3) is 0 Å². The van der Waals surface area contributed by atoms with Crippen molar-refractivity contribution in [1.29, 1.82) is 0 Å². The third-order valence-electron chi connectivity index (χ3n) is 3.88. The lowest BCUT2D eigenvalue weighted by molar-refractivity contribution is -0.120. The predicted octanol–water partition coefficient (Wildman–Crippen LogP) is 1.02. The average Bonchev–Trinajstić information content (AvgIpc) is 3.05. The molecule has 0 aromatic rings. The van der Waals surface area contributed by atoms with Gasteiger partial charge >= 0.3 is 0 Å². The molecule has 1 atom stereocenters. The van der Waals surface area contributed by atoms with Crippen molar-refractivity contribution in [3.05, 3.63) is 10.6 Å². The van der Waals surface area contributed by atoms with E-state index in [1.807, 2.05) is 6.21 Å². The van der Waals surface area contributed by atoms with Crippen LogP contribution in [-0.2, 0) is 9.53 Å². The van der Waals surface area contributed by atoms with Crippen LogP contribution in [0.25, 0.3) is 0 Å². The van der Waals surface area contributed by atoms with E-state index < -0.39 is 0 Å². The van der Waals surface area contributed by atoms with Crippen molar-refractivity contribution in [2.75, 3.05) is 39.4 Å². The maximum Gasteiger partial charge on any atom is 0.233 e. The number of hydrogen-bond acceptors (Lipinski definition) is 5. The first-order valence-corrected chi connectivity index (χ1v) is 8.20. The molecule has 110 valence electrons. The Kier molecular flexibility index (Phi) is 4.75. The highest BCUT2D eigenvalue weighted by Crippen LogP contribution is 2.42. The number of carbonyl (C=O) groups excluding carboxylic acids is 1. The first kappa shape index (κ1) is 14.1. The van der Waals surface area contributed by atoms with Crippen molar-refractivity contribution >= 4 is 23.9 Å². The molecule has 5 nitrogen and oxygen atoms in total. The topological polar surface area (TPSA) is 53.9 Å². The number of aliphatic imine (C=N–C) groups is 1. The van der Waals surface area contributed by atoms with Gasteiger partial charge in [-0.15, -0.1) is 0 Å². The molecule has 6 heteroatoms. The van der Waals surface area contributed by atoms with Crippen LogP contribution in [0.15, 0.2) is 15.6 Å². The number of ether oxygens (including phenoxy) is 1. The summed E-state index contributed by atoms with van der Waals surface area (Å²) in [6.45, 7) is 5.51. The Hall–Kier alpha value is -0.850. The largest absolute Gasteiger partial charge is 0.379 e. The molecule has 0 spiro atoms. The van der Waals surface area contributed by atoms with Crippen LogP contribution in [-0.4, -0.2) is 61.7 Å². The number of nitrogens with one attached hydrogen (secondary N) is 1. The minimum absolute atomic E-state index is 0.0424. The average molecular weight is 295 g/mol. The molecule has 3 heterocycles. The van der Waals surface area contributed by atoms with Crippen LogP contribution in [0, 0.1) is 0 Å². The highest BCUT2D eigenvalue weighted by Gasteiger charge is 2.31. The van der Waals surface area contributed by atoms with E-state index in [4.69, 9.17) is 4.74 Å². The summed E-state index contributed by atoms with van der Waals surface area (Å²) < 4.78 is 5.32. The number of thioether (sulfide) groups is 1. The van der Waals surface area contributed by atoms with Crippen LogP contribution >= 0.6 is 11.8 Å². The first-order valence-electron chi connectivity index (χ1n) is 7.32. The Morgan fingerprint density at radius 2 is 2.35 bits per heavy atom. The fraction of sp³-hybridized carbons (Fsp3) is 0.714. The molecule has 0 radical (unpaired) electrons. The first-order chi connectivity index (χ1) is 9.83. The molecule has 20 heavy (non-hydrogen) atoms. The van der Waals surface area contributed by atoms with Gasteiger partial charge in [-0.2, -0.15) is 0 Å². The van der Waals surface area contributed by atoms with E-state index >= 15 is 0 Å². The summed E-state index contributed by atoms with van der Waals surface area (Å²) in [6.07, 6.45) is 4.75. The highest BCUT2D eigenvalue weighted by atomic mass is 32.2. The Labute approximate surface area is 123 Å². The van der Waals surface area contributed by atoms with E-state index in [1.165, 1.54) is 5.57 Å². The fourth-order valence-corrected chi connectivity index (χ4v) is 3.91. The zero-order chi connectivity index (χ0) is 13.8. The van der Waals surface area contributed by atoms with E-state index in [0.717, 1.165) is 63.7 Å². The van der Waals surface area contributed by atoms with Crippen LogP contribution in [0.4, 0.5) is 0 Å². The fourth-order valence-electron chi connectivity index (χ4n) is 2.70. The Balaban J connectivity index is 1.31. The number of rotatable bonds is 5. The lowest BCUT2D eigenvalue weighted by atomic mass is 10.1. The zero-order valence-electron chi connectivity index (χ0n) is 11.6. The lowest BCUT2D eigenvalue weighted by Crippen LogP contribution is -2.39. The summed E-state index contributed by atoms with van der Waals surface area (Å²) in [5, 5.41) is 4.18. The monoisotopic (exact) mass is 295 g/mol. The van der Waals surface area contributed by atoms with Gasteiger partial charge in [-0.05, 0) is 25.0 Å². The standard InChI is InChI=1S/C14H21N3O2S/c18-13(12-10-11-2-4-16-14(11)20-12)15-3-1-5-17-6-8-19-9-7-17/h4,12H,1-3,5-10H2,(H,15,18). The molecule has 3 rings (SSSR count). The maximum atomic E-state index is 12.1. The second-order valence-corrected chi connectivity index (χ2v) is 6.53. The molecule has 0 bridgehead atoms. The molecular formula is C14H21N3O2S. The van der Waals surface area contributed by atoms with Gasteiger partial charge in [0.1, 0.15) is 0 Å². The van der Waals surface area contributed by atoms with Gasteiger partial charge in [0.2, 0.25) is 5.91 Å². The lowest BCUT2D eigenvalue weighted by Gasteiger charge is -2.26. The number of carbonyl (C=O) groups is 1. The second kappa shape index (κ2) is 6.74. The van der Waals surface area contributed by atoms with Crippen molar-refractivity contribution in [2.24, 2.45) is 4.99 Å². The predicted molar refractivity (Wildman–Crippen MR) is 81.0 cm³/mol. The number of hydrogen-bond donors (Lipinski definition) is 1. The summed E-state index contributed by atoms with van der Waals surface area (Å²) in [5.41, 5.74) is 1.34. The van der Waals surface area contributed by atoms with Crippen molar-refractivity contribution < 1.29 is 9.53 Å². The third-order valence-corrected chi connectivity index (χ3v) is 5.16. The van der Waals surface area contributed by atoms with Gasteiger partial charge in [0, 0.05) is 32.3 Å². The van der Waals surface area contributed by atoms with E-state index in [0.29, 0.717) is 0 Å². The summed E-state index contributed by atoms with van der Waals surface area (Å²) >= 11 is 1.62. The van der Waals surface area contributed by atoms with E-state index in [-0.39, 0.29) is 11.2 Å². The SMILES string of the molecule is O=C(NCCCN1CCOCC1)C1CC2=C(N=CC2)S1. The minimum Gasteiger partial charge on any atom is -0.379 e. The molecule has 3 aliphatic rings. The maximum absolute atomic E-state index is 12.1. The zero-order valence-corrected chi connectivity index (χ0v) is 12.5. The second-order valence-electron chi connectivity index (χ2n) is 5.33. The van der Waals surface area contributed by atoms with E-state index in [9.17, 15) is 4.79 Å². The molecule has 1 amide bonds. The molecule has 1 N–H and O–H groups in total. The minimum atomic E-state index is 0.0424. The molecule has 0 aliphatic carbocycles. The van der Waals surface area contributed by atoms with Crippen molar-refractivity contribution in [3.63, 3.8) is 0 Å². The van der Waals surface area contributed by atoms with E-state index in [1.54, 1.807) is 11.8 Å². The molecule has 0 aromatic heterocycles. The molecule has 1 saturated heterocycles. The third kappa shape index (κ3) is 3.42. The molecule has 1 unspecified atom stereocenters. The summed E-state index contributed by atoms with van der Waals surface area (Å²) in [7, 11) is 0. The van der Waals surface area contributed by atoms with Gasteiger partial charge in [-0.25, -0.2) is 0 Å². The number of amides is 1. The van der Waals surface area contributed by atoms with Crippen LogP contribution in [0.1, 0.15) is 19.3 Å². The molecule has 0 aromatic carbocycles. The van der Waals surface area contributed by atoms with Gasteiger partial charge in [0.05, 0.1) is 23.5 Å². The number of nitrogens with zero attached hydrogens (tertiary/aromatic N) is 2. The molecular weight excluding hydrogens is 274 g/mol. The van der Waals surface area contributed by atoms with Gasteiger partial charge < -0.3 is 10.1 Å². The molecule has 3 aliphatic heterocycles. The molecule has 0 saturated carbocycles. The summed E-state index contributed by atoms with van der Waals surface area (Å²) in [6, 6.07) is 0. The summed E-state index contributed by atoms with van der Waals surface area (Å²) in [4.78, 5) is 18.8.